The third-order valence-corrected chi connectivity index (χ3v) is 5.37. The molecular weight excluding hydrogens is 316 g/mol. The molecule has 1 fully saturated rings. The number of likely N-dealkylation sites (tertiary alicyclic amines) is 1. The Morgan fingerprint density at radius 2 is 2.08 bits per heavy atom. The molecule has 1 unspecified atom stereocenters. The first-order valence-electron chi connectivity index (χ1n) is 8.95. The van der Waals surface area contributed by atoms with E-state index in [1.54, 1.807) is 11.8 Å². The van der Waals surface area contributed by atoms with E-state index in [-0.39, 0.29) is 11.9 Å². The second-order valence-electron chi connectivity index (χ2n) is 6.82. The van der Waals surface area contributed by atoms with Crippen molar-refractivity contribution in [2.45, 2.75) is 53.1 Å². The summed E-state index contributed by atoms with van der Waals surface area (Å²) in [4.78, 5) is 15.3. The largest absolute Gasteiger partial charge is 0.481 e. The summed E-state index contributed by atoms with van der Waals surface area (Å²) in [6.07, 6.45) is 1.95. The molecule has 1 amide bonds. The van der Waals surface area contributed by atoms with Crippen LogP contribution >= 0.6 is 0 Å². The van der Waals surface area contributed by atoms with Gasteiger partial charge in [-0.05, 0) is 46.6 Å². The number of nitrogens with zero attached hydrogens (tertiary/aromatic N) is 4. The van der Waals surface area contributed by atoms with Crippen LogP contribution in [-0.4, -0.2) is 38.8 Å². The molecule has 2 aromatic heterocycles. The lowest BCUT2D eigenvalue weighted by atomic mass is 10.0. The maximum atomic E-state index is 13.3. The van der Waals surface area contributed by atoms with Gasteiger partial charge in [0.05, 0.1) is 30.0 Å². The fourth-order valence-electron chi connectivity index (χ4n) is 4.25. The number of carbonyl (C=O) groups excluding carboxylic acids is 1. The van der Waals surface area contributed by atoms with Gasteiger partial charge >= 0.3 is 0 Å². The van der Waals surface area contributed by atoms with Crippen LogP contribution in [-0.2, 0) is 13.6 Å². The van der Waals surface area contributed by atoms with Crippen molar-refractivity contribution >= 4 is 5.91 Å². The zero-order valence-electron chi connectivity index (χ0n) is 16.1. The molecule has 1 aliphatic heterocycles. The molecule has 1 atom stereocenters. The Balaban J connectivity index is 1.99. The van der Waals surface area contributed by atoms with Gasteiger partial charge in [-0.3, -0.25) is 4.79 Å². The molecule has 1 saturated heterocycles. The van der Waals surface area contributed by atoms with Crippen LogP contribution in [0.3, 0.4) is 0 Å². The van der Waals surface area contributed by atoms with Crippen molar-refractivity contribution in [1.82, 2.24) is 19.2 Å². The van der Waals surface area contributed by atoms with Gasteiger partial charge in [-0.2, -0.15) is 5.10 Å². The fourth-order valence-corrected chi connectivity index (χ4v) is 4.25. The first-order chi connectivity index (χ1) is 11.9. The highest BCUT2D eigenvalue weighted by atomic mass is 16.5. The van der Waals surface area contributed by atoms with E-state index in [1.807, 2.05) is 31.9 Å². The van der Waals surface area contributed by atoms with Gasteiger partial charge in [0.1, 0.15) is 0 Å². The zero-order chi connectivity index (χ0) is 18.3. The highest BCUT2D eigenvalue weighted by molar-refractivity contribution is 5.96. The predicted octanol–water partition coefficient (Wildman–Crippen LogP) is 3.15. The molecule has 0 radical (unpaired) electrons. The van der Waals surface area contributed by atoms with Crippen LogP contribution in [0.15, 0.2) is 6.07 Å². The molecule has 2 aromatic rings. The Labute approximate surface area is 149 Å². The smallest absolute Gasteiger partial charge is 0.256 e. The van der Waals surface area contributed by atoms with Crippen molar-refractivity contribution in [1.29, 1.82) is 0 Å². The summed E-state index contributed by atoms with van der Waals surface area (Å²) >= 11 is 0. The number of hydrogen-bond donors (Lipinski definition) is 0. The van der Waals surface area contributed by atoms with Gasteiger partial charge in [0.2, 0.25) is 5.88 Å². The van der Waals surface area contributed by atoms with Crippen molar-refractivity contribution in [2.24, 2.45) is 7.05 Å². The number of amides is 1. The summed E-state index contributed by atoms with van der Waals surface area (Å²) in [6.45, 7) is 9.84. The molecule has 0 aliphatic carbocycles. The minimum absolute atomic E-state index is 0.0285. The molecule has 0 bridgehead atoms. The van der Waals surface area contributed by atoms with Gasteiger partial charge in [-0.15, -0.1) is 0 Å². The first kappa shape index (κ1) is 17.6. The molecule has 1 aliphatic rings. The summed E-state index contributed by atoms with van der Waals surface area (Å²) < 4.78 is 9.51. The monoisotopic (exact) mass is 344 g/mol. The average molecular weight is 344 g/mol. The van der Waals surface area contributed by atoms with Crippen LogP contribution in [0.2, 0.25) is 0 Å². The van der Waals surface area contributed by atoms with E-state index < -0.39 is 0 Å². The molecule has 25 heavy (non-hydrogen) atoms. The SMILES string of the molecule is CCn1c(C)cc(C(=O)N2CCCC2c2c(C)nn(C)c2OC)c1C. The highest BCUT2D eigenvalue weighted by Crippen LogP contribution is 2.39. The quantitative estimate of drug-likeness (QED) is 0.856. The Bertz CT molecular complexity index is 803. The molecule has 0 saturated carbocycles. The minimum atomic E-state index is 0.0285. The lowest BCUT2D eigenvalue weighted by Crippen LogP contribution is -2.31. The van der Waals surface area contributed by atoms with E-state index in [1.165, 1.54) is 0 Å². The molecule has 3 rings (SSSR count). The van der Waals surface area contributed by atoms with E-state index >= 15 is 0 Å². The summed E-state index contributed by atoms with van der Waals surface area (Å²) in [5, 5.41) is 4.49. The van der Waals surface area contributed by atoms with Crippen LogP contribution in [0, 0.1) is 20.8 Å². The van der Waals surface area contributed by atoms with Crippen LogP contribution in [0.5, 0.6) is 5.88 Å². The number of aromatic nitrogens is 3. The second-order valence-corrected chi connectivity index (χ2v) is 6.82. The lowest BCUT2D eigenvalue weighted by molar-refractivity contribution is 0.0733. The fraction of sp³-hybridized carbons (Fsp3) is 0.579. The van der Waals surface area contributed by atoms with Gasteiger partial charge < -0.3 is 14.2 Å². The maximum absolute atomic E-state index is 13.3. The second kappa shape index (κ2) is 6.58. The number of carbonyl (C=O) groups is 1. The van der Waals surface area contributed by atoms with Crippen molar-refractivity contribution < 1.29 is 9.53 Å². The number of aryl methyl sites for hydroxylation is 3. The number of hydrogen-bond acceptors (Lipinski definition) is 3. The Kier molecular flexibility index (Phi) is 4.62. The third-order valence-electron chi connectivity index (χ3n) is 5.37. The molecular formula is C19H28N4O2. The summed E-state index contributed by atoms with van der Waals surface area (Å²) in [7, 11) is 3.54. The van der Waals surface area contributed by atoms with Gasteiger partial charge in [0, 0.05) is 31.5 Å². The third kappa shape index (κ3) is 2.73. The highest BCUT2D eigenvalue weighted by Gasteiger charge is 2.36. The molecule has 0 N–H and O–H groups in total. The Morgan fingerprint density at radius 3 is 2.68 bits per heavy atom. The molecule has 3 heterocycles. The average Bonchev–Trinajstić information content (AvgIpc) is 3.22. The van der Waals surface area contributed by atoms with E-state index in [0.717, 1.165) is 60.0 Å². The molecule has 0 spiro atoms. The van der Waals surface area contributed by atoms with Crippen molar-refractivity contribution in [3.63, 3.8) is 0 Å². The molecule has 136 valence electrons. The zero-order valence-corrected chi connectivity index (χ0v) is 16.1. The molecule has 6 heteroatoms. The first-order valence-corrected chi connectivity index (χ1v) is 8.95. The number of rotatable bonds is 4. The number of methoxy groups -OCH3 is 1. The van der Waals surface area contributed by atoms with Crippen LogP contribution in [0.1, 0.15) is 58.8 Å². The summed E-state index contributed by atoms with van der Waals surface area (Å²) in [6, 6.07) is 2.05. The van der Waals surface area contributed by atoms with Gasteiger partial charge in [-0.1, -0.05) is 0 Å². The van der Waals surface area contributed by atoms with Crippen LogP contribution in [0.25, 0.3) is 0 Å². The maximum Gasteiger partial charge on any atom is 0.256 e. The van der Waals surface area contributed by atoms with Gasteiger partial charge in [0.25, 0.3) is 5.91 Å². The Hall–Kier alpha value is -2.24. The van der Waals surface area contributed by atoms with Crippen molar-refractivity contribution in [3.8, 4) is 5.88 Å². The lowest BCUT2D eigenvalue weighted by Gasteiger charge is -2.25. The van der Waals surface area contributed by atoms with Crippen molar-refractivity contribution in [2.75, 3.05) is 13.7 Å². The minimum Gasteiger partial charge on any atom is -0.481 e. The van der Waals surface area contributed by atoms with Gasteiger partial charge in [-0.25, -0.2) is 4.68 Å². The van der Waals surface area contributed by atoms with Crippen LogP contribution < -0.4 is 4.74 Å². The molecule has 6 nitrogen and oxygen atoms in total. The predicted molar refractivity (Wildman–Crippen MR) is 97.1 cm³/mol. The molecule has 0 aromatic carbocycles. The van der Waals surface area contributed by atoms with Crippen LogP contribution in [0.4, 0.5) is 0 Å². The van der Waals surface area contributed by atoms with Crippen molar-refractivity contribution in [3.05, 3.63) is 34.3 Å². The summed E-state index contributed by atoms with van der Waals surface area (Å²) in [5.74, 6) is 0.863. The van der Waals surface area contributed by atoms with E-state index in [9.17, 15) is 4.79 Å². The standard InChI is InChI=1S/C19H28N4O2/c1-7-22-12(2)11-15(14(22)4)18(24)23-10-8-9-16(23)17-13(3)20-21(5)19(17)25-6/h11,16H,7-10H2,1-6H3. The number of ether oxygens (including phenoxy) is 1. The normalized spacial score (nSPS) is 17.4. The topological polar surface area (TPSA) is 52.3 Å². The summed E-state index contributed by atoms with van der Waals surface area (Å²) in [5.41, 5.74) is 4.97. The van der Waals surface area contributed by atoms with Gasteiger partial charge in [0.15, 0.2) is 0 Å². The van der Waals surface area contributed by atoms with E-state index in [2.05, 4.69) is 23.5 Å². The van der Waals surface area contributed by atoms with E-state index in [0.29, 0.717) is 0 Å². The Morgan fingerprint density at radius 1 is 1.36 bits per heavy atom. The van der Waals surface area contributed by atoms with E-state index in [4.69, 9.17) is 4.74 Å².